The lowest BCUT2D eigenvalue weighted by Crippen LogP contribution is -2.17. The minimum Gasteiger partial charge on any atom is -0.411 e. The number of benzene rings is 1. The second-order valence-electron chi connectivity index (χ2n) is 6.98. The molecule has 7 heteroatoms. The van der Waals surface area contributed by atoms with Gasteiger partial charge in [0.1, 0.15) is 0 Å². The number of hydrogen-bond acceptors (Lipinski definition) is 6. The number of nitrogens with zero attached hydrogens (tertiary/aromatic N) is 3. The van der Waals surface area contributed by atoms with Gasteiger partial charge in [-0.1, -0.05) is 30.0 Å². The van der Waals surface area contributed by atoms with Gasteiger partial charge in [0, 0.05) is 35.7 Å². The van der Waals surface area contributed by atoms with Crippen molar-refractivity contribution >= 4 is 17.5 Å². The molecule has 6 nitrogen and oxygen atoms in total. The fourth-order valence-electron chi connectivity index (χ4n) is 3.53. The molecule has 0 N–H and O–H groups in total. The van der Waals surface area contributed by atoms with Crippen LogP contribution in [0.15, 0.2) is 46.0 Å². The van der Waals surface area contributed by atoms with Gasteiger partial charge < -0.3 is 13.7 Å². The fraction of sp³-hybridized carbons (Fsp3) is 0.381. The zero-order valence-electron chi connectivity index (χ0n) is 16.1. The molecule has 2 aromatic heterocycles. The van der Waals surface area contributed by atoms with Crippen LogP contribution in [0.5, 0.6) is 0 Å². The number of ketones is 1. The maximum Gasteiger partial charge on any atom is 0.277 e. The minimum atomic E-state index is 0.0659. The van der Waals surface area contributed by atoms with Crippen LogP contribution in [-0.4, -0.2) is 39.0 Å². The number of thioether (sulfide) groups is 1. The van der Waals surface area contributed by atoms with E-state index in [1.807, 2.05) is 50.2 Å². The maximum atomic E-state index is 12.8. The maximum absolute atomic E-state index is 12.8. The summed E-state index contributed by atoms with van der Waals surface area (Å²) in [4.78, 5) is 12.8. The Kier molecular flexibility index (Phi) is 5.64. The second-order valence-corrected chi connectivity index (χ2v) is 7.91. The number of carbonyl (C=O) groups excluding carboxylic acids is 1. The van der Waals surface area contributed by atoms with Crippen LogP contribution in [0.1, 0.15) is 34.6 Å². The molecule has 28 heavy (non-hydrogen) atoms. The highest BCUT2D eigenvalue weighted by Crippen LogP contribution is 2.25. The van der Waals surface area contributed by atoms with Gasteiger partial charge in [0.25, 0.3) is 5.22 Å². The molecule has 1 saturated heterocycles. The van der Waals surface area contributed by atoms with Gasteiger partial charge in [-0.05, 0) is 44.9 Å². The molecule has 0 spiro atoms. The molecule has 3 aromatic rings. The van der Waals surface area contributed by atoms with Gasteiger partial charge in [-0.3, -0.25) is 4.79 Å². The first-order chi connectivity index (χ1) is 13.6. The van der Waals surface area contributed by atoms with Crippen LogP contribution in [0.4, 0.5) is 0 Å². The van der Waals surface area contributed by atoms with Gasteiger partial charge in [-0.2, -0.15) is 0 Å². The third-order valence-electron chi connectivity index (χ3n) is 5.04. The van der Waals surface area contributed by atoms with E-state index in [0.29, 0.717) is 11.1 Å². The van der Waals surface area contributed by atoms with Gasteiger partial charge in [0.05, 0.1) is 11.9 Å². The summed E-state index contributed by atoms with van der Waals surface area (Å²) in [6.07, 6.45) is 2.44. The molecule has 1 atom stereocenters. The molecule has 0 radical (unpaired) electrons. The number of carbonyl (C=O) groups is 1. The average molecular weight is 398 g/mol. The van der Waals surface area contributed by atoms with Gasteiger partial charge in [0.2, 0.25) is 5.89 Å². The summed E-state index contributed by atoms with van der Waals surface area (Å²) in [5, 5.41) is 8.51. The molecule has 0 aliphatic carbocycles. The quantitative estimate of drug-likeness (QED) is 0.437. The molecule has 1 aliphatic rings. The Labute approximate surface area is 168 Å². The first kappa shape index (κ1) is 19.0. The molecule has 0 bridgehead atoms. The summed E-state index contributed by atoms with van der Waals surface area (Å²) in [6, 6.07) is 11.6. The molecule has 1 fully saturated rings. The van der Waals surface area contributed by atoms with Crippen LogP contribution in [0.2, 0.25) is 0 Å². The SMILES string of the molecule is Cc1cc(C(=O)CSc2nnc(-c3ccccc3)o2)c(C)n1C[C@H]1CCCO1. The summed E-state index contributed by atoms with van der Waals surface area (Å²) in [5.41, 5.74) is 3.70. The molecule has 4 rings (SSSR count). The van der Waals surface area contributed by atoms with Crippen LogP contribution in [-0.2, 0) is 11.3 Å². The van der Waals surface area contributed by atoms with Gasteiger partial charge in [-0.15, -0.1) is 10.2 Å². The van der Waals surface area contributed by atoms with Crippen LogP contribution >= 0.6 is 11.8 Å². The third-order valence-corrected chi connectivity index (χ3v) is 5.86. The van der Waals surface area contributed by atoms with E-state index in [2.05, 4.69) is 14.8 Å². The summed E-state index contributed by atoms with van der Waals surface area (Å²) < 4.78 is 13.6. The van der Waals surface area contributed by atoms with Crippen molar-refractivity contribution in [1.29, 1.82) is 0 Å². The van der Waals surface area contributed by atoms with Crippen molar-refractivity contribution in [2.45, 2.75) is 44.6 Å². The van der Waals surface area contributed by atoms with E-state index in [-0.39, 0.29) is 17.6 Å². The zero-order valence-corrected chi connectivity index (χ0v) is 16.9. The first-order valence-electron chi connectivity index (χ1n) is 9.45. The topological polar surface area (TPSA) is 70.2 Å². The predicted octanol–water partition coefficient (Wildman–Crippen LogP) is 4.31. The molecule has 0 amide bonds. The minimum absolute atomic E-state index is 0.0659. The number of rotatable bonds is 7. The number of aromatic nitrogens is 3. The lowest BCUT2D eigenvalue weighted by molar-refractivity contribution is 0.0957. The Hall–Kier alpha value is -2.38. The molecular formula is C21H23N3O3S. The van der Waals surface area contributed by atoms with Gasteiger partial charge in [-0.25, -0.2) is 0 Å². The van der Waals surface area contributed by atoms with Crippen LogP contribution in [0.25, 0.3) is 11.5 Å². The van der Waals surface area contributed by atoms with Crippen molar-refractivity contribution in [1.82, 2.24) is 14.8 Å². The first-order valence-corrected chi connectivity index (χ1v) is 10.4. The van der Waals surface area contributed by atoms with E-state index in [1.165, 1.54) is 11.8 Å². The molecule has 1 aliphatic heterocycles. The standard InChI is InChI=1S/C21H23N3O3S/c1-14-11-18(15(2)24(14)12-17-9-6-10-26-17)19(25)13-28-21-23-22-20(27-21)16-7-4-3-5-8-16/h3-5,7-8,11,17H,6,9-10,12-13H2,1-2H3/t17-/m1/s1. The van der Waals surface area contributed by atoms with Gasteiger partial charge in [0.15, 0.2) is 5.78 Å². The normalized spacial score (nSPS) is 16.6. The second kappa shape index (κ2) is 8.32. The van der Waals surface area contributed by atoms with Crippen molar-refractivity contribution < 1.29 is 13.9 Å². The van der Waals surface area contributed by atoms with Gasteiger partial charge >= 0.3 is 0 Å². The van der Waals surface area contributed by atoms with E-state index < -0.39 is 0 Å². The molecule has 1 aromatic carbocycles. The van der Waals surface area contributed by atoms with E-state index in [4.69, 9.17) is 9.15 Å². The van der Waals surface area contributed by atoms with E-state index >= 15 is 0 Å². The van der Waals surface area contributed by atoms with Crippen molar-refractivity contribution in [3.8, 4) is 11.5 Å². The van der Waals surface area contributed by atoms with Crippen LogP contribution in [0, 0.1) is 13.8 Å². The Morgan fingerprint density at radius 1 is 1.25 bits per heavy atom. The number of aryl methyl sites for hydroxylation is 1. The highest BCUT2D eigenvalue weighted by atomic mass is 32.2. The number of Topliss-reactive ketones (excluding diaryl/α,β-unsaturated/α-hetero) is 1. The molecule has 146 valence electrons. The molecular weight excluding hydrogens is 374 g/mol. The third kappa shape index (κ3) is 4.05. The summed E-state index contributed by atoms with van der Waals surface area (Å²) in [7, 11) is 0. The highest BCUT2D eigenvalue weighted by Gasteiger charge is 2.21. The zero-order chi connectivity index (χ0) is 19.5. The lowest BCUT2D eigenvalue weighted by Gasteiger charge is -2.14. The highest BCUT2D eigenvalue weighted by molar-refractivity contribution is 7.99. The van der Waals surface area contributed by atoms with E-state index in [9.17, 15) is 4.79 Å². The Balaban J connectivity index is 1.41. The fourth-order valence-corrected chi connectivity index (χ4v) is 4.17. The van der Waals surface area contributed by atoms with E-state index in [0.717, 1.165) is 48.5 Å². The van der Waals surface area contributed by atoms with Crippen molar-refractivity contribution in [3.05, 3.63) is 53.3 Å². The summed E-state index contributed by atoms with van der Waals surface area (Å²) >= 11 is 1.27. The Bertz CT molecular complexity index is 959. The smallest absolute Gasteiger partial charge is 0.277 e. The Morgan fingerprint density at radius 3 is 2.82 bits per heavy atom. The number of ether oxygens (including phenoxy) is 1. The van der Waals surface area contributed by atoms with Crippen LogP contribution < -0.4 is 0 Å². The summed E-state index contributed by atoms with van der Waals surface area (Å²) in [6.45, 7) is 5.68. The molecule has 0 saturated carbocycles. The monoisotopic (exact) mass is 397 g/mol. The van der Waals surface area contributed by atoms with Crippen molar-refractivity contribution in [2.75, 3.05) is 12.4 Å². The van der Waals surface area contributed by atoms with Crippen molar-refractivity contribution in [2.24, 2.45) is 0 Å². The Morgan fingerprint density at radius 2 is 2.07 bits per heavy atom. The number of hydrogen-bond donors (Lipinski definition) is 0. The average Bonchev–Trinajstić information content (AvgIpc) is 3.45. The van der Waals surface area contributed by atoms with Crippen LogP contribution in [0.3, 0.4) is 0 Å². The molecule has 3 heterocycles. The van der Waals surface area contributed by atoms with E-state index in [1.54, 1.807) is 0 Å². The predicted molar refractivity (Wildman–Crippen MR) is 108 cm³/mol. The van der Waals surface area contributed by atoms with Crippen molar-refractivity contribution in [3.63, 3.8) is 0 Å². The lowest BCUT2D eigenvalue weighted by atomic mass is 10.2. The largest absolute Gasteiger partial charge is 0.411 e. The molecule has 0 unspecified atom stereocenters. The summed E-state index contributed by atoms with van der Waals surface area (Å²) in [5.74, 6) is 0.794.